The molecular weight excluding hydrogens is 406 g/mol. The molecule has 0 atom stereocenters. The van der Waals surface area contributed by atoms with Gasteiger partial charge in [-0.15, -0.1) is 21.5 Å². The minimum atomic E-state index is 0.546. The molecule has 29 heavy (non-hydrogen) atoms. The molecule has 2 aromatic carbocycles. The monoisotopic (exact) mass is 425 g/mol. The second-order valence-corrected chi connectivity index (χ2v) is 7.94. The topological polar surface area (TPSA) is 70.3 Å². The smallest absolute Gasteiger partial charge is 0.276 e. The van der Waals surface area contributed by atoms with E-state index in [-0.39, 0.29) is 0 Å². The number of thioether (sulfide) groups is 1. The second kappa shape index (κ2) is 9.11. The number of thiazole rings is 1. The van der Waals surface area contributed by atoms with E-state index in [2.05, 4.69) is 15.6 Å². The summed E-state index contributed by atoms with van der Waals surface area (Å²) in [5, 5.41) is 11.8. The van der Waals surface area contributed by atoms with Crippen LogP contribution in [0.4, 0.5) is 0 Å². The van der Waals surface area contributed by atoms with Crippen LogP contribution in [-0.4, -0.2) is 29.4 Å². The summed E-state index contributed by atoms with van der Waals surface area (Å²) in [6, 6.07) is 15.7. The molecule has 0 saturated heterocycles. The van der Waals surface area contributed by atoms with Crippen LogP contribution in [0, 0.1) is 0 Å². The van der Waals surface area contributed by atoms with Crippen LogP contribution in [-0.2, 0) is 12.2 Å². The molecule has 148 valence electrons. The molecule has 2 heterocycles. The lowest BCUT2D eigenvalue weighted by atomic mass is 10.1. The highest BCUT2D eigenvalue weighted by molar-refractivity contribution is 7.98. The first-order valence-corrected chi connectivity index (χ1v) is 10.8. The van der Waals surface area contributed by atoms with Crippen LogP contribution in [0.25, 0.3) is 10.6 Å². The summed E-state index contributed by atoms with van der Waals surface area (Å²) in [7, 11) is 3.31. The zero-order valence-corrected chi connectivity index (χ0v) is 17.6. The van der Waals surface area contributed by atoms with Gasteiger partial charge in [0, 0.05) is 16.7 Å². The first-order valence-electron chi connectivity index (χ1n) is 8.90. The number of hydrogen-bond acceptors (Lipinski definition) is 8. The molecule has 0 aliphatic heterocycles. The van der Waals surface area contributed by atoms with Gasteiger partial charge in [0.2, 0.25) is 5.89 Å². The Labute approximate surface area is 176 Å². The normalized spacial score (nSPS) is 10.8. The molecule has 0 fully saturated rings. The Morgan fingerprint density at radius 3 is 2.62 bits per heavy atom. The third-order valence-corrected chi connectivity index (χ3v) is 5.97. The second-order valence-electron chi connectivity index (χ2n) is 6.15. The average Bonchev–Trinajstić information content (AvgIpc) is 3.42. The highest BCUT2D eigenvalue weighted by atomic mass is 32.2. The molecule has 8 heteroatoms. The van der Waals surface area contributed by atoms with Crippen LogP contribution in [0.5, 0.6) is 11.5 Å². The molecule has 2 aromatic heterocycles. The van der Waals surface area contributed by atoms with E-state index in [1.165, 1.54) is 11.8 Å². The SMILES string of the molecule is COc1ccc(Cc2nnc(SCc3csc(-c4cccc(OC)c4)n3)o2)cc1. The summed E-state index contributed by atoms with van der Waals surface area (Å²) < 4.78 is 16.2. The van der Waals surface area contributed by atoms with Gasteiger partial charge in [0.05, 0.1) is 26.3 Å². The number of nitrogens with zero attached hydrogens (tertiary/aromatic N) is 3. The Balaban J connectivity index is 1.35. The van der Waals surface area contributed by atoms with Crippen molar-refractivity contribution in [1.82, 2.24) is 15.2 Å². The number of methoxy groups -OCH3 is 2. The number of aromatic nitrogens is 3. The summed E-state index contributed by atoms with van der Waals surface area (Å²) >= 11 is 3.10. The van der Waals surface area contributed by atoms with Crippen molar-refractivity contribution < 1.29 is 13.9 Å². The number of benzene rings is 2. The van der Waals surface area contributed by atoms with Crippen LogP contribution in [0.2, 0.25) is 0 Å². The Kier molecular flexibility index (Phi) is 6.12. The standard InChI is InChI=1S/C21H19N3O3S2/c1-25-17-8-6-14(7-9-17)10-19-23-24-21(27-19)29-13-16-12-28-20(22-16)15-4-3-5-18(11-15)26-2/h3-9,11-12H,10,13H2,1-2H3. The fraction of sp³-hybridized carbons (Fsp3) is 0.190. The fourth-order valence-electron chi connectivity index (χ4n) is 2.68. The minimum Gasteiger partial charge on any atom is -0.497 e. The molecule has 0 saturated carbocycles. The van der Waals surface area contributed by atoms with Gasteiger partial charge in [-0.05, 0) is 29.8 Å². The number of ether oxygens (including phenoxy) is 2. The van der Waals surface area contributed by atoms with Gasteiger partial charge < -0.3 is 13.9 Å². The molecule has 0 bridgehead atoms. The minimum absolute atomic E-state index is 0.546. The maximum Gasteiger partial charge on any atom is 0.276 e. The van der Waals surface area contributed by atoms with Crippen molar-refractivity contribution in [3.8, 4) is 22.1 Å². The van der Waals surface area contributed by atoms with E-state index in [4.69, 9.17) is 18.9 Å². The summed E-state index contributed by atoms with van der Waals surface area (Å²) in [6.07, 6.45) is 0.592. The molecule has 0 spiro atoms. The molecule has 0 amide bonds. The zero-order valence-electron chi connectivity index (χ0n) is 16.0. The summed E-state index contributed by atoms with van der Waals surface area (Å²) in [4.78, 5) is 4.70. The Bertz CT molecular complexity index is 1080. The van der Waals surface area contributed by atoms with Gasteiger partial charge in [-0.2, -0.15) is 0 Å². The average molecular weight is 426 g/mol. The van der Waals surface area contributed by atoms with Crippen molar-refractivity contribution in [3.05, 3.63) is 71.1 Å². The highest BCUT2D eigenvalue weighted by Crippen LogP contribution is 2.29. The van der Waals surface area contributed by atoms with Crippen molar-refractivity contribution >= 4 is 23.1 Å². The lowest BCUT2D eigenvalue weighted by Crippen LogP contribution is -1.89. The van der Waals surface area contributed by atoms with Crippen molar-refractivity contribution in [2.24, 2.45) is 0 Å². The quantitative estimate of drug-likeness (QED) is 0.364. The van der Waals surface area contributed by atoms with Crippen LogP contribution in [0.3, 0.4) is 0 Å². The van der Waals surface area contributed by atoms with Crippen LogP contribution < -0.4 is 9.47 Å². The maximum absolute atomic E-state index is 5.76. The molecule has 6 nitrogen and oxygen atoms in total. The van der Waals surface area contributed by atoms with Crippen LogP contribution >= 0.6 is 23.1 Å². The Morgan fingerprint density at radius 1 is 1.00 bits per heavy atom. The van der Waals surface area contributed by atoms with Crippen molar-refractivity contribution in [2.75, 3.05) is 14.2 Å². The van der Waals surface area contributed by atoms with Gasteiger partial charge in [-0.1, -0.05) is 36.0 Å². The molecule has 4 rings (SSSR count). The first-order chi connectivity index (χ1) is 14.2. The summed E-state index contributed by atoms with van der Waals surface area (Å²) in [5.74, 6) is 2.91. The molecule has 4 aromatic rings. The Morgan fingerprint density at radius 2 is 1.83 bits per heavy atom. The largest absolute Gasteiger partial charge is 0.497 e. The van der Waals surface area contributed by atoms with E-state index >= 15 is 0 Å². The summed E-state index contributed by atoms with van der Waals surface area (Å²) in [5.41, 5.74) is 3.12. The van der Waals surface area contributed by atoms with Crippen LogP contribution in [0.15, 0.2) is 63.6 Å². The fourth-order valence-corrected chi connectivity index (χ4v) is 4.28. The van der Waals surface area contributed by atoms with E-state index < -0.39 is 0 Å². The van der Waals surface area contributed by atoms with Gasteiger partial charge >= 0.3 is 0 Å². The third kappa shape index (κ3) is 4.96. The molecule has 0 aliphatic carbocycles. The van der Waals surface area contributed by atoms with Gasteiger partial charge in [-0.25, -0.2) is 4.98 Å². The number of hydrogen-bond donors (Lipinski definition) is 0. The van der Waals surface area contributed by atoms with E-state index in [1.807, 2.05) is 48.5 Å². The molecule has 0 unspecified atom stereocenters. The first kappa shape index (κ1) is 19.5. The highest BCUT2D eigenvalue weighted by Gasteiger charge is 2.11. The maximum atomic E-state index is 5.76. The van der Waals surface area contributed by atoms with Crippen molar-refractivity contribution in [3.63, 3.8) is 0 Å². The van der Waals surface area contributed by atoms with Crippen molar-refractivity contribution in [2.45, 2.75) is 17.4 Å². The molecule has 0 radical (unpaired) electrons. The predicted octanol–water partition coefficient (Wildman–Crippen LogP) is 5.09. The lowest BCUT2D eigenvalue weighted by molar-refractivity contribution is 0.413. The summed E-state index contributed by atoms with van der Waals surface area (Å²) in [6.45, 7) is 0. The lowest BCUT2D eigenvalue weighted by Gasteiger charge is -2.01. The van der Waals surface area contributed by atoms with Gasteiger partial charge in [0.15, 0.2) is 0 Å². The van der Waals surface area contributed by atoms with Crippen LogP contribution in [0.1, 0.15) is 17.1 Å². The van der Waals surface area contributed by atoms with E-state index in [9.17, 15) is 0 Å². The predicted molar refractivity (Wildman–Crippen MR) is 114 cm³/mol. The van der Waals surface area contributed by atoms with E-state index in [0.29, 0.717) is 23.3 Å². The van der Waals surface area contributed by atoms with E-state index in [0.717, 1.165) is 33.3 Å². The molecule has 0 N–H and O–H groups in total. The number of rotatable bonds is 8. The zero-order chi connectivity index (χ0) is 20.1. The van der Waals surface area contributed by atoms with Gasteiger partial charge in [0.1, 0.15) is 16.5 Å². The van der Waals surface area contributed by atoms with Crippen molar-refractivity contribution in [1.29, 1.82) is 0 Å². The molecule has 0 aliphatic rings. The van der Waals surface area contributed by atoms with E-state index in [1.54, 1.807) is 25.6 Å². The molecular formula is C21H19N3O3S2. The van der Waals surface area contributed by atoms with Gasteiger partial charge in [-0.3, -0.25) is 0 Å². The Hall–Kier alpha value is -2.84. The third-order valence-electron chi connectivity index (χ3n) is 4.17. The van der Waals surface area contributed by atoms with Gasteiger partial charge in [0.25, 0.3) is 5.22 Å².